The fourth-order valence-electron chi connectivity index (χ4n) is 2.20. The summed E-state index contributed by atoms with van der Waals surface area (Å²) in [5, 5.41) is 9.76. The third-order valence-corrected chi connectivity index (χ3v) is 3.42. The Hall–Kier alpha value is -0.350. The quantitative estimate of drug-likeness (QED) is 0.330. The molecule has 1 aliphatic rings. The summed E-state index contributed by atoms with van der Waals surface area (Å²) in [4.78, 5) is 11.6. The Kier molecular flexibility index (Phi) is 4.54. The maximum absolute atomic E-state index is 13.0. The number of hydrogen-bond acceptors (Lipinski definition) is 4. The van der Waals surface area contributed by atoms with E-state index in [1.807, 2.05) is 0 Å². The fourth-order valence-corrected chi connectivity index (χ4v) is 3.37. The summed E-state index contributed by atoms with van der Waals surface area (Å²) < 4.78 is 47.4. The van der Waals surface area contributed by atoms with Crippen LogP contribution in [0.1, 0.15) is 33.6 Å². The molecule has 1 saturated heterocycles. The van der Waals surface area contributed by atoms with Gasteiger partial charge in [-0.25, -0.2) is 4.79 Å². The summed E-state index contributed by atoms with van der Waals surface area (Å²) in [7, 11) is 0. The first kappa shape index (κ1) is 17.7. The van der Waals surface area contributed by atoms with E-state index in [-0.39, 0.29) is 12.0 Å². The average Bonchev–Trinajstić information content (AvgIpc) is 2.09. The highest BCUT2D eigenvalue weighted by atomic mass is 127. The molecule has 0 saturated carbocycles. The van der Waals surface area contributed by atoms with Crippen LogP contribution in [0.3, 0.4) is 0 Å². The molecule has 3 unspecified atom stereocenters. The third kappa shape index (κ3) is 3.85. The first-order valence-electron chi connectivity index (χ1n) is 5.77. The smallest absolute Gasteiger partial charge is 0.443 e. The van der Waals surface area contributed by atoms with E-state index in [0.717, 1.165) is 0 Å². The van der Waals surface area contributed by atoms with Gasteiger partial charge in [-0.1, -0.05) is 6.58 Å². The molecular formula is C12H16F3IO4. The van der Waals surface area contributed by atoms with Gasteiger partial charge in [-0.2, -0.15) is 13.2 Å². The lowest BCUT2D eigenvalue weighted by atomic mass is 9.86. The Labute approximate surface area is 128 Å². The highest BCUT2D eigenvalue weighted by Crippen LogP contribution is 2.50. The molecule has 1 heterocycles. The fraction of sp³-hybridized carbons (Fsp3) is 0.750. The van der Waals surface area contributed by atoms with Crippen LogP contribution in [0.15, 0.2) is 12.2 Å². The molecule has 20 heavy (non-hydrogen) atoms. The molecule has 1 N–H and O–H groups in total. The number of carbonyl (C=O) groups excluding carboxylic acids is 1. The largest absolute Gasteiger partial charge is 0.456 e. The van der Waals surface area contributed by atoms with Crippen molar-refractivity contribution >= 4 is 28.6 Å². The van der Waals surface area contributed by atoms with Gasteiger partial charge in [0.1, 0.15) is 9.21 Å². The second-order valence-corrected chi connectivity index (χ2v) is 7.74. The van der Waals surface area contributed by atoms with Crippen molar-refractivity contribution in [2.75, 3.05) is 0 Å². The minimum Gasteiger partial charge on any atom is -0.456 e. The van der Waals surface area contributed by atoms with Crippen LogP contribution >= 0.6 is 22.6 Å². The number of halogens is 4. The summed E-state index contributed by atoms with van der Waals surface area (Å²) in [6.07, 6.45) is -5.87. The SMILES string of the molecule is C=C(C)C(=O)OC1(C)CC(C)(I)OC(O)(C(F)(F)F)C1. The number of aliphatic hydroxyl groups is 1. The Morgan fingerprint density at radius 2 is 1.90 bits per heavy atom. The van der Waals surface area contributed by atoms with Crippen molar-refractivity contribution in [2.45, 2.75) is 54.8 Å². The van der Waals surface area contributed by atoms with E-state index in [1.54, 1.807) is 22.6 Å². The summed E-state index contributed by atoms with van der Waals surface area (Å²) >= 11 is 1.65. The van der Waals surface area contributed by atoms with E-state index >= 15 is 0 Å². The van der Waals surface area contributed by atoms with Gasteiger partial charge in [0.25, 0.3) is 5.79 Å². The minimum absolute atomic E-state index is 0.0119. The summed E-state index contributed by atoms with van der Waals surface area (Å²) in [5.74, 6) is -4.16. The van der Waals surface area contributed by atoms with Gasteiger partial charge in [-0.05, 0) is 43.4 Å². The highest BCUT2D eigenvalue weighted by Gasteiger charge is 2.65. The van der Waals surface area contributed by atoms with Gasteiger partial charge < -0.3 is 14.6 Å². The summed E-state index contributed by atoms with van der Waals surface area (Å²) in [6, 6.07) is 0. The molecule has 3 atom stereocenters. The molecule has 1 aliphatic heterocycles. The predicted octanol–water partition coefficient (Wildman–Crippen LogP) is 3.08. The molecule has 8 heteroatoms. The Morgan fingerprint density at radius 1 is 1.40 bits per heavy atom. The molecule has 0 aliphatic carbocycles. The molecule has 0 amide bonds. The number of rotatable bonds is 2. The first-order chi connectivity index (χ1) is 8.70. The standard InChI is InChI=1S/C12H16F3IO4/c1-7(2)8(17)19-9(3)5-10(4,16)20-11(18,6-9)12(13,14)15/h18H,1,5-6H2,2-4H3. The average molecular weight is 408 g/mol. The first-order valence-corrected chi connectivity index (χ1v) is 6.85. The predicted molar refractivity (Wildman–Crippen MR) is 73.1 cm³/mol. The molecule has 0 aromatic rings. The van der Waals surface area contributed by atoms with Gasteiger partial charge in [0.15, 0.2) is 0 Å². The maximum atomic E-state index is 13.0. The molecular weight excluding hydrogens is 392 g/mol. The molecule has 0 bridgehead atoms. The van der Waals surface area contributed by atoms with Crippen molar-refractivity contribution < 1.29 is 32.5 Å². The number of hydrogen-bond donors (Lipinski definition) is 1. The van der Waals surface area contributed by atoms with Crippen molar-refractivity contribution in [1.82, 2.24) is 0 Å². The third-order valence-electron chi connectivity index (χ3n) is 2.82. The van der Waals surface area contributed by atoms with Gasteiger partial charge in [0.2, 0.25) is 0 Å². The van der Waals surface area contributed by atoms with Crippen LogP contribution in [0.5, 0.6) is 0 Å². The Morgan fingerprint density at radius 3 is 2.30 bits per heavy atom. The molecule has 4 nitrogen and oxygen atoms in total. The van der Waals surface area contributed by atoms with E-state index in [4.69, 9.17) is 9.47 Å². The van der Waals surface area contributed by atoms with Gasteiger partial charge in [-0.15, -0.1) is 0 Å². The monoisotopic (exact) mass is 408 g/mol. The van der Waals surface area contributed by atoms with Gasteiger partial charge in [0, 0.05) is 12.0 Å². The lowest BCUT2D eigenvalue weighted by molar-refractivity contribution is -0.406. The zero-order chi connectivity index (χ0) is 16.0. The summed E-state index contributed by atoms with van der Waals surface area (Å²) in [5.41, 5.74) is -1.43. The number of carbonyl (C=O) groups is 1. The van der Waals surface area contributed by atoms with Crippen LogP contribution in [-0.2, 0) is 14.3 Å². The summed E-state index contributed by atoms with van der Waals surface area (Å²) in [6.45, 7) is 7.50. The van der Waals surface area contributed by atoms with Crippen LogP contribution in [0.2, 0.25) is 0 Å². The minimum atomic E-state index is -4.99. The molecule has 0 radical (unpaired) electrons. The van der Waals surface area contributed by atoms with Crippen molar-refractivity contribution in [3.63, 3.8) is 0 Å². The maximum Gasteiger partial charge on any atom is 0.443 e. The van der Waals surface area contributed by atoms with Crippen molar-refractivity contribution in [3.8, 4) is 0 Å². The van der Waals surface area contributed by atoms with E-state index in [1.165, 1.54) is 20.8 Å². The van der Waals surface area contributed by atoms with E-state index < -0.39 is 33.6 Å². The zero-order valence-electron chi connectivity index (χ0n) is 11.3. The molecule has 0 aromatic carbocycles. The van der Waals surface area contributed by atoms with Gasteiger partial charge >= 0.3 is 12.1 Å². The molecule has 116 valence electrons. The lowest BCUT2D eigenvalue weighted by Gasteiger charge is -2.49. The molecule has 1 fully saturated rings. The second-order valence-electron chi connectivity index (χ2n) is 5.46. The zero-order valence-corrected chi connectivity index (χ0v) is 13.5. The normalized spacial score (nSPS) is 38.4. The second kappa shape index (κ2) is 5.13. The molecule has 0 aromatic heterocycles. The Balaban J connectivity index is 3.10. The van der Waals surface area contributed by atoms with E-state index in [0.29, 0.717) is 0 Å². The molecule has 0 spiro atoms. The van der Waals surface area contributed by atoms with Crippen LogP contribution in [0.25, 0.3) is 0 Å². The lowest BCUT2D eigenvalue weighted by Crippen LogP contribution is -2.61. The van der Waals surface area contributed by atoms with Crippen molar-refractivity contribution in [2.24, 2.45) is 0 Å². The number of esters is 1. The van der Waals surface area contributed by atoms with Crippen molar-refractivity contribution in [3.05, 3.63) is 12.2 Å². The van der Waals surface area contributed by atoms with E-state index in [2.05, 4.69) is 6.58 Å². The topological polar surface area (TPSA) is 55.8 Å². The van der Waals surface area contributed by atoms with Gasteiger partial charge in [-0.3, -0.25) is 0 Å². The highest BCUT2D eigenvalue weighted by molar-refractivity contribution is 14.1. The van der Waals surface area contributed by atoms with Crippen LogP contribution in [0.4, 0.5) is 13.2 Å². The van der Waals surface area contributed by atoms with Gasteiger partial charge in [0.05, 0.1) is 6.42 Å². The van der Waals surface area contributed by atoms with Crippen LogP contribution in [0, 0.1) is 0 Å². The number of alkyl halides is 4. The molecule has 1 rings (SSSR count). The Bertz CT molecular complexity index is 435. The van der Waals surface area contributed by atoms with Crippen molar-refractivity contribution in [1.29, 1.82) is 0 Å². The van der Waals surface area contributed by atoms with E-state index in [9.17, 15) is 23.1 Å². The van der Waals surface area contributed by atoms with Crippen LogP contribution in [-0.4, -0.2) is 32.2 Å². The number of ether oxygens (including phenoxy) is 2. The van der Waals surface area contributed by atoms with Crippen LogP contribution < -0.4 is 0 Å².